The summed E-state index contributed by atoms with van der Waals surface area (Å²) >= 11 is 0. The lowest BCUT2D eigenvalue weighted by Gasteiger charge is -2.05. The van der Waals surface area contributed by atoms with Gasteiger partial charge >= 0.3 is 11.9 Å². The molecule has 0 spiro atoms. The van der Waals surface area contributed by atoms with Crippen molar-refractivity contribution in [1.29, 1.82) is 0 Å². The smallest absolute Gasteiger partial charge is 0.320 e. The number of aliphatic hydroxyl groups is 1. The molecule has 2 aliphatic rings. The van der Waals surface area contributed by atoms with Crippen LogP contribution in [0.5, 0.6) is 0 Å². The van der Waals surface area contributed by atoms with Crippen LogP contribution in [-0.2, 0) is 14.3 Å². The van der Waals surface area contributed by atoms with Gasteiger partial charge in [-0.3, -0.25) is 9.59 Å². The topological polar surface area (TPSA) is 110 Å². The van der Waals surface area contributed by atoms with Crippen LogP contribution >= 0.6 is 0 Å². The Bertz CT molecular complexity index is 587. The number of unbranched alkanes of at least 4 members (excludes halogenated alkanes) is 2. The van der Waals surface area contributed by atoms with Crippen LogP contribution < -0.4 is 5.73 Å². The second-order valence-electron chi connectivity index (χ2n) is 8.50. The fourth-order valence-corrected chi connectivity index (χ4v) is 2.69. The van der Waals surface area contributed by atoms with Gasteiger partial charge in [0.25, 0.3) is 0 Å². The zero-order valence-electron chi connectivity index (χ0n) is 18.7. The van der Waals surface area contributed by atoms with Crippen molar-refractivity contribution in [2.75, 3.05) is 0 Å². The number of hydrogen-bond acceptors (Lipinski definition) is 5. The second-order valence-corrected chi connectivity index (χ2v) is 8.50. The molecule has 170 valence electrons. The number of terminal acetylenes is 2. The van der Waals surface area contributed by atoms with Gasteiger partial charge in [0.2, 0.25) is 0 Å². The highest BCUT2D eigenvalue weighted by atomic mass is 16.5. The summed E-state index contributed by atoms with van der Waals surface area (Å²) < 4.78 is 5.32. The van der Waals surface area contributed by atoms with Crippen molar-refractivity contribution in [3.05, 3.63) is 0 Å². The van der Waals surface area contributed by atoms with Crippen molar-refractivity contribution in [2.24, 2.45) is 23.5 Å². The zero-order chi connectivity index (χ0) is 23.1. The minimum absolute atomic E-state index is 0.00257. The predicted molar refractivity (Wildman–Crippen MR) is 118 cm³/mol. The van der Waals surface area contributed by atoms with Crippen LogP contribution in [0.25, 0.3) is 0 Å². The highest BCUT2D eigenvalue weighted by Gasteiger charge is 2.39. The number of nitrogens with two attached hydrogens (primary N) is 1. The van der Waals surface area contributed by atoms with Gasteiger partial charge in [-0.1, -0.05) is 13.8 Å². The van der Waals surface area contributed by atoms with E-state index in [0.717, 1.165) is 51.4 Å². The molecule has 2 aliphatic carbocycles. The molecular weight excluding hydrogens is 382 g/mol. The van der Waals surface area contributed by atoms with Crippen LogP contribution in [0.15, 0.2) is 0 Å². The van der Waals surface area contributed by atoms with E-state index in [1.165, 1.54) is 6.92 Å². The summed E-state index contributed by atoms with van der Waals surface area (Å²) in [6.45, 7) is 5.47. The van der Waals surface area contributed by atoms with Gasteiger partial charge in [0.15, 0.2) is 0 Å². The summed E-state index contributed by atoms with van der Waals surface area (Å²) in [5.41, 5.74) is 4.84. The maximum absolute atomic E-state index is 11.3. The van der Waals surface area contributed by atoms with Crippen LogP contribution in [-0.4, -0.2) is 40.4 Å². The number of carbonyl (C=O) groups is 2. The maximum Gasteiger partial charge on any atom is 0.320 e. The molecule has 6 heteroatoms. The van der Waals surface area contributed by atoms with Gasteiger partial charge in [-0.05, 0) is 63.2 Å². The molecule has 4 N–H and O–H groups in total. The Balaban J connectivity index is 0.000000475. The Hall–Kier alpha value is -2.02. The number of carbonyl (C=O) groups excluding carboxylic acids is 1. The van der Waals surface area contributed by atoms with Crippen LogP contribution in [0.4, 0.5) is 0 Å². The Morgan fingerprint density at radius 1 is 1.07 bits per heavy atom. The van der Waals surface area contributed by atoms with Crippen LogP contribution in [0.2, 0.25) is 0 Å². The highest BCUT2D eigenvalue weighted by Crippen LogP contribution is 2.38. The first kappa shape index (κ1) is 28.0. The molecule has 6 nitrogen and oxygen atoms in total. The molecule has 0 amide bonds. The Morgan fingerprint density at radius 2 is 1.53 bits per heavy atom. The van der Waals surface area contributed by atoms with E-state index < -0.39 is 12.0 Å². The van der Waals surface area contributed by atoms with E-state index in [1.807, 2.05) is 13.8 Å². The van der Waals surface area contributed by atoms with Gasteiger partial charge in [-0.2, -0.15) is 0 Å². The molecule has 0 aliphatic heterocycles. The number of esters is 1. The van der Waals surface area contributed by atoms with Crippen molar-refractivity contribution in [1.82, 2.24) is 0 Å². The van der Waals surface area contributed by atoms with E-state index >= 15 is 0 Å². The van der Waals surface area contributed by atoms with Crippen molar-refractivity contribution in [3.63, 3.8) is 0 Å². The lowest BCUT2D eigenvalue weighted by Crippen LogP contribution is -2.25. The third-order valence-corrected chi connectivity index (χ3v) is 4.78. The lowest BCUT2D eigenvalue weighted by atomic mass is 10.1. The molecule has 0 heterocycles. The normalized spacial score (nSPS) is 24.0. The van der Waals surface area contributed by atoms with Crippen LogP contribution in [0.1, 0.15) is 78.6 Å². The van der Waals surface area contributed by atoms with Crippen molar-refractivity contribution in [3.8, 4) is 24.7 Å². The first-order chi connectivity index (χ1) is 14.1. The van der Waals surface area contributed by atoms with E-state index in [0.29, 0.717) is 24.2 Å². The summed E-state index contributed by atoms with van der Waals surface area (Å²) in [6, 6.07) is -0.731. The Morgan fingerprint density at radius 3 is 1.90 bits per heavy atom. The van der Waals surface area contributed by atoms with E-state index in [2.05, 4.69) is 11.8 Å². The summed E-state index contributed by atoms with van der Waals surface area (Å²) in [5, 5.41) is 16.7. The maximum atomic E-state index is 11.3. The first-order valence-corrected chi connectivity index (χ1v) is 10.8. The van der Waals surface area contributed by atoms with E-state index in [1.54, 1.807) is 0 Å². The Kier molecular flexibility index (Phi) is 14.7. The minimum atomic E-state index is -0.963. The highest BCUT2D eigenvalue weighted by molar-refractivity contribution is 5.72. The standard InChI is InChI=1S/C13H20O2.C8H12O.C3H7NO2/c1-4-5-6-7-11-9-12(11)15-13(14)8-10(2)3;1-2-3-4-5-7-6-8(7)9;1-2(4)3(5)6/h1,10-12H,5-9H2,2-3H3;1,7-9H,3-6H2;2H,4H2,1H3,(H,5,6)/t11-,12-;7-,8-;2-/m110/s1. The summed E-state index contributed by atoms with van der Waals surface area (Å²) in [4.78, 5) is 20.9. The summed E-state index contributed by atoms with van der Waals surface area (Å²) in [6.07, 6.45) is 19.0. The molecule has 2 saturated carbocycles. The molecule has 2 rings (SSSR count). The molecule has 30 heavy (non-hydrogen) atoms. The average Bonchev–Trinajstić information content (AvgIpc) is 3.55. The van der Waals surface area contributed by atoms with Gasteiger partial charge in [0, 0.05) is 19.3 Å². The lowest BCUT2D eigenvalue weighted by molar-refractivity contribution is -0.146. The number of carboxylic acid groups (broad SMARTS) is 1. The third kappa shape index (κ3) is 15.9. The monoisotopic (exact) mass is 421 g/mol. The third-order valence-electron chi connectivity index (χ3n) is 4.78. The average molecular weight is 422 g/mol. The number of rotatable bonds is 10. The fraction of sp³-hybridized carbons (Fsp3) is 0.750. The number of carboxylic acids is 1. The first-order valence-electron chi connectivity index (χ1n) is 10.8. The largest absolute Gasteiger partial charge is 0.480 e. The van der Waals surface area contributed by atoms with Gasteiger partial charge in [-0.15, -0.1) is 24.7 Å². The second kappa shape index (κ2) is 15.8. The summed E-state index contributed by atoms with van der Waals surface area (Å²) in [7, 11) is 0. The van der Waals surface area contributed by atoms with E-state index in [-0.39, 0.29) is 18.2 Å². The molecule has 0 unspecified atom stereocenters. The molecule has 0 aromatic rings. The number of aliphatic hydroxyl groups excluding tert-OH is 1. The number of aliphatic carboxylic acids is 1. The fourth-order valence-electron chi connectivity index (χ4n) is 2.69. The molecule has 0 radical (unpaired) electrons. The number of ether oxygens (including phenoxy) is 1. The molecule has 0 aromatic carbocycles. The van der Waals surface area contributed by atoms with Gasteiger partial charge < -0.3 is 20.7 Å². The molecule has 0 saturated heterocycles. The quantitative estimate of drug-likeness (QED) is 0.283. The predicted octanol–water partition coefficient (Wildman–Crippen LogP) is 3.36. The van der Waals surface area contributed by atoms with Gasteiger partial charge in [0.05, 0.1) is 6.10 Å². The molecular formula is C24H39NO5. The van der Waals surface area contributed by atoms with Crippen molar-refractivity contribution < 1.29 is 24.5 Å². The minimum Gasteiger partial charge on any atom is -0.480 e. The number of hydrogen-bond donors (Lipinski definition) is 3. The molecule has 2 fully saturated rings. The summed E-state index contributed by atoms with van der Waals surface area (Å²) in [5.74, 6) is 5.74. The van der Waals surface area contributed by atoms with E-state index in [9.17, 15) is 9.59 Å². The molecule has 0 bridgehead atoms. The molecule has 0 aromatic heterocycles. The Labute approximate surface area is 181 Å². The van der Waals surface area contributed by atoms with Gasteiger partial charge in [0.1, 0.15) is 12.1 Å². The van der Waals surface area contributed by atoms with Gasteiger partial charge in [-0.25, -0.2) is 0 Å². The van der Waals surface area contributed by atoms with Crippen LogP contribution in [0.3, 0.4) is 0 Å². The molecule has 5 atom stereocenters. The van der Waals surface area contributed by atoms with E-state index in [4.69, 9.17) is 33.5 Å². The van der Waals surface area contributed by atoms with Crippen molar-refractivity contribution >= 4 is 11.9 Å². The zero-order valence-corrected chi connectivity index (χ0v) is 18.7. The SMILES string of the molecule is C#CCCC[C@@H]1C[C@H]1O.C#CCCC[C@@H]1C[C@H]1OC(=O)CC(C)C.C[C@H](N)C(=O)O. The van der Waals surface area contributed by atoms with Crippen molar-refractivity contribution in [2.45, 2.75) is 96.8 Å². The van der Waals surface area contributed by atoms with Crippen LogP contribution in [0, 0.1) is 42.4 Å².